The molecule has 0 bridgehead atoms. The van der Waals surface area contributed by atoms with Crippen LogP contribution in [0.3, 0.4) is 0 Å². The number of fused-ring (bicyclic) bond motifs is 1. The molecule has 1 heterocycles. The molecule has 4 aromatic rings. The summed E-state index contributed by atoms with van der Waals surface area (Å²) in [6.45, 7) is 2.64. The average Bonchev–Trinajstić information content (AvgIpc) is 3.09. The largest absolute Gasteiger partial charge is 0.309 e. The van der Waals surface area contributed by atoms with Crippen LogP contribution in [-0.4, -0.2) is 12.5 Å². The molecule has 0 spiro atoms. The number of rotatable bonds is 4. The normalized spacial score (nSPS) is 10.8. The molecule has 26 heavy (non-hydrogen) atoms. The van der Waals surface area contributed by atoms with Gasteiger partial charge in [-0.1, -0.05) is 66.7 Å². The molecule has 2 nitrogen and oxygen atoms in total. The van der Waals surface area contributed by atoms with Crippen molar-refractivity contribution in [3.8, 4) is 10.4 Å². The Hall–Kier alpha value is -2.91. The topological polar surface area (TPSA) is 20.3 Å². The second-order valence-electron chi connectivity index (χ2n) is 6.05. The number of carbonyl (C=O) groups is 1. The summed E-state index contributed by atoms with van der Waals surface area (Å²) in [5.74, 6) is 0.0509. The SMILES string of the molecule is CCN(C(=O)c1c(-c2ccccc2)sc2ccccc12)c1ccccc1. The van der Waals surface area contributed by atoms with Crippen LogP contribution in [0.2, 0.25) is 0 Å². The molecule has 1 amide bonds. The van der Waals surface area contributed by atoms with Gasteiger partial charge in [-0.3, -0.25) is 4.79 Å². The maximum absolute atomic E-state index is 13.6. The van der Waals surface area contributed by atoms with Gasteiger partial charge in [0, 0.05) is 27.2 Å². The van der Waals surface area contributed by atoms with Gasteiger partial charge < -0.3 is 4.90 Å². The minimum atomic E-state index is 0.0509. The number of thiophene rings is 1. The number of benzene rings is 3. The Bertz CT molecular complexity index is 1040. The van der Waals surface area contributed by atoms with Gasteiger partial charge in [-0.05, 0) is 30.7 Å². The van der Waals surface area contributed by atoms with E-state index in [1.807, 2.05) is 78.6 Å². The highest BCUT2D eigenvalue weighted by molar-refractivity contribution is 7.22. The number of hydrogen-bond donors (Lipinski definition) is 0. The Morgan fingerprint density at radius 2 is 1.46 bits per heavy atom. The lowest BCUT2D eigenvalue weighted by Gasteiger charge is -2.21. The molecule has 128 valence electrons. The highest BCUT2D eigenvalue weighted by Crippen LogP contribution is 2.39. The van der Waals surface area contributed by atoms with E-state index in [-0.39, 0.29) is 5.91 Å². The number of nitrogens with zero attached hydrogens (tertiary/aromatic N) is 1. The molecule has 3 heteroatoms. The van der Waals surface area contributed by atoms with Crippen LogP contribution >= 0.6 is 11.3 Å². The van der Waals surface area contributed by atoms with Gasteiger partial charge in [0.1, 0.15) is 0 Å². The van der Waals surface area contributed by atoms with Gasteiger partial charge in [0.15, 0.2) is 0 Å². The molecule has 0 N–H and O–H groups in total. The molecule has 0 saturated heterocycles. The highest BCUT2D eigenvalue weighted by Gasteiger charge is 2.24. The van der Waals surface area contributed by atoms with Crippen molar-refractivity contribution in [1.29, 1.82) is 0 Å². The van der Waals surface area contributed by atoms with Crippen LogP contribution in [0.4, 0.5) is 5.69 Å². The molecule has 4 rings (SSSR count). The average molecular weight is 357 g/mol. The lowest BCUT2D eigenvalue weighted by Crippen LogP contribution is -2.30. The fourth-order valence-corrected chi connectivity index (χ4v) is 4.44. The number of amides is 1. The summed E-state index contributed by atoms with van der Waals surface area (Å²) in [6.07, 6.45) is 0. The number of para-hydroxylation sites is 1. The molecule has 0 fully saturated rings. The summed E-state index contributed by atoms with van der Waals surface area (Å²) in [6, 6.07) is 28.2. The van der Waals surface area contributed by atoms with E-state index in [2.05, 4.69) is 18.2 Å². The summed E-state index contributed by atoms with van der Waals surface area (Å²) >= 11 is 1.68. The Balaban J connectivity index is 1.91. The Morgan fingerprint density at radius 1 is 0.846 bits per heavy atom. The third kappa shape index (κ3) is 2.91. The summed E-state index contributed by atoms with van der Waals surface area (Å²) in [7, 11) is 0. The zero-order valence-electron chi connectivity index (χ0n) is 14.6. The van der Waals surface area contributed by atoms with Crippen molar-refractivity contribution in [1.82, 2.24) is 0 Å². The van der Waals surface area contributed by atoms with E-state index in [0.29, 0.717) is 6.54 Å². The number of hydrogen-bond acceptors (Lipinski definition) is 2. The molecule has 0 atom stereocenters. The highest BCUT2D eigenvalue weighted by atomic mass is 32.1. The molecule has 0 radical (unpaired) electrons. The third-order valence-corrected chi connectivity index (χ3v) is 5.69. The quantitative estimate of drug-likeness (QED) is 0.424. The van der Waals surface area contributed by atoms with Gasteiger partial charge >= 0.3 is 0 Å². The van der Waals surface area contributed by atoms with Gasteiger partial charge in [-0.15, -0.1) is 11.3 Å². The summed E-state index contributed by atoms with van der Waals surface area (Å²) in [4.78, 5) is 16.5. The van der Waals surface area contributed by atoms with Crippen molar-refractivity contribution in [2.45, 2.75) is 6.92 Å². The molecular weight excluding hydrogens is 338 g/mol. The zero-order chi connectivity index (χ0) is 17.9. The van der Waals surface area contributed by atoms with Crippen molar-refractivity contribution in [3.05, 3.63) is 90.5 Å². The van der Waals surface area contributed by atoms with Crippen LogP contribution in [0.1, 0.15) is 17.3 Å². The standard InChI is InChI=1S/C23H19NOS/c1-2-24(18-13-7-4-8-14-18)23(25)21-19-15-9-10-16-20(19)26-22(21)17-11-5-3-6-12-17/h3-16H,2H2,1H3. The van der Waals surface area contributed by atoms with Crippen LogP contribution in [0, 0.1) is 0 Å². The summed E-state index contributed by atoms with van der Waals surface area (Å²) < 4.78 is 1.14. The predicted octanol–water partition coefficient (Wildman–Crippen LogP) is 6.24. The first-order valence-electron chi connectivity index (χ1n) is 8.73. The maximum Gasteiger partial charge on any atom is 0.260 e. The first-order valence-corrected chi connectivity index (χ1v) is 9.55. The van der Waals surface area contributed by atoms with Crippen molar-refractivity contribution in [2.24, 2.45) is 0 Å². The fraction of sp³-hybridized carbons (Fsp3) is 0.0870. The van der Waals surface area contributed by atoms with Gasteiger partial charge in [0.25, 0.3) is 5.91 Å². The number of carbonyl (C=O) groups excluding carboxylic acids is 1. The van der Waals surface area contributed by atoms with Gasteiger partial charge in [0.2, 0.25) is 0 Å². The monoisotopic (exact) mass is 357 g/mol. The first-order chi connectivity index (χ1) is 12.8. The Morgan fingerprint density at radius 3 is 2.15 bits per heavy atom. The van der Waals surface area contributed by atoms with Crippen molar-refractivity contribution >= 4 is 33.0 Å². The van der Waals surface area contributed by atoms with E-state index >= 15 is 0 Å². The van der Waals surface area contributed by atoms with Crippen LogP contribution < -0.4 is 4.90 Å². The third-order valence-electron chi connectivity index (χ3n) is 4.47. The van der Waals surface area contributed by atoms with Crippen molar-refractivity contribution in [3.63, 3.8) is 0 Å². The van der Waals surface area contributed by atoms with Crippen molar-refractivity contribution < 1.29 is 4.79 Å². The lowest BCUT2D eigenvalue weighted by molar-refractivity contribution is 0.0991. The summed E-state index contributed by atoms with van der Waals surface area (Å²) in [5.41, 5.74) is 2.80. The van der Waals surface area contributed by atoms with Crippen molar-refractivity contribution in [2.75, 3.05) is 11.4 Å². The van der Waals surface area contributed by atoms with E-state index in [9.17, 15) is 4.79 Å². The molecule has 0 aliphatic carbocycles. The predicted molar refractivity (Wildman–Crippen MR) is 111 cm³/mol. The molecular formula is C23H19NOS. The molecule has 0 aliphatic rings. The number of anilines is 1. The summed E-state index contributed by atoms with van der Waals surface area (Å²) in [5, 5.41) is 1.02. The Kier molecular flexibility index (Phi) is 4.55. The fourth-order valence-electron chi connectivity index (χ4n) is 3.24. The van der Waals surface area contributed by atoms with E-state index in [4.69, 9.17) is 0 Å². The van der Waals surface area contributed by atoms with Crippen LogP contribution in [0.25, 0.3) is 20.5 Å². The molecule has 3 aromatic carbocycles. The van der Waals surface area contributed by atoms with Crippen LogP contribution in [0.5, 0.6) is 0 Å². The van der Waals surface area contributed by atoms with Crippen LogP contribution in [-0.2, 0) is 0 Å². The van der Waals surface area contributed by atoms with Crippen LogP contribution in [0.15, 0.2) is 84.9 Å². The molecule has 1 aromatic heterocycles. The Labute approximate surface area is 157 Å². The second kappa shape index (κ2) is 7.14. The zero-order valence-corrected chi connectivity index (χ0v) is 15.4. The minimum Gasteiger partial charge on any atom is -0.309 e. The maximum atomic E-state index is 13.6. The lowest BCUT2D eigenvalue weighted by atomic mass is 10.0. The molecule has 0 unspecified atom stereocenters. The van der Waals surface area contributed by atoms with Gasteiger partial charge in [-0.25, -0.2) is 0 Å². The van der Waals surface area contributed by atoms with Gasteiger partial charge in [-0.2, -0.15) is 0 Å². The first kappa shape index (κ1) is 16.6. The smallest absolute Gasteiger partial charge is 0.260 e. The van der Waals surface area contributed by atoms with E-state index in [1.165, 1.54) is 0 Å². The second-order valence-corrected chi connectivity index (χ2v) is 7.11. The minimum absolute atomic E-state index is 0.0509. The van der Waals surface area contributed by atoms with E-state index in [1.54, 1.807) is 11.3 Å². The molecule has 0 saturated carbocycles. The molecule has 0 aliphatic heterocycles. The van der Waals surface area contributed by atoms with E-state index in [0.717, 1.165) is 31.8 Å². The van der Waals surface area contributed by atoms with Gasteiger partial charge in [0.05, 0.1) is 5.56 Å². The van der Waals surface area contributed by atoms with E-state index < -0.39 is 0 Å².